The van der Waals surface area contributed by atoms with Crippen LogP contribution in [0.15, 0.2) is 52.3 Å². The van der Waals surface area contributed by atoms with Crippen molar-refractivity contribution >= 4 is 52.5 Å². The number of sulfone groups is 1. The second-order valence-corrected chi connectivity index (χ2v) is 13.8. The molecule has 1 fully saturated rings. The molecule has 10 nitrogen and oxygen atoms in total. The summed E-state index contributed by atoms with van der Waals surface area (Å²) in [4.78, 5) is 22.3. The number of fused-ring (bicyclic) bond motifs is 1. The molecule has 1 aromatic heterocycles. The molecule has 1 aliphatic heterocycles. The summed E-state index contributed by atoms with van der Waals surface area (Å²) in [5.41, 5.74) is 0.921. The van der Waals surface area contributed by atoms with Crippen LogP contribution >= 0.6 is 11.3 Å². The molecule has 13 heteroatoms. The molecule has 0 bridgehead atoms. The van der Waals surface area contributed by atoms with Gasteiger partial charge in [0.25, 0.3) is 5.91 Å². The largest absolute Gasteiger partial charge is 0.379 e. The average molecular weight is 553 g/mol. The molecule has 194 valence electrons. The first-order valence-electron chi connectivity index (χ1n) is 11.2. The molecular formula is C23H28N4O6S3. The smallest absolute Gasteiger partial charge is 0.260 e. The molecule has 1 amide bonds. The van der Waals surface area contributed by atoms with Gasteiger partial charge in [0.1, 0.15) is 0 Å². The molecule has 1 saturated heterocycles. The summed E-state index contributed by atoms with van der Waals surface area (Å²) >= 11 is 1.24. The van der Waals surface area contributed by atoms with Gasteiger partial charge in [-0.3, -0.25) is 14.6 Å². The van der Waals surface area contributed by atoms with E-state index in [9.17, 15) is 21.6 Å². The summed E-state index contributed by atoms with van der Waals surface area (Å²) in [6.45, 7) is 3.74. The maximum Gasteiger partial charge on any atom is 0.260 e. The number of carbonyl (C=O) groups excluding carboxylic acids is 1. The molecule has 4 rings (SSSR count). The fourth-order valence-electron chi connectivity index (χ4n) is 3.73. The molecule has 1 aliphatic rings. The van der Waals surface area contributed by atoms with Gasteiger partial charge >= 0.3 is 0 Å². The van der Waals surface area contributed by atoms with Gasteiger partial charge in [-0.2, -0.15) is 0 Å². The number of sulfonamides is 1. The number of aromatic nitrogens is 1. The molecule has 0 aliphatic carbocycles. The second kappa shape index (κ2) is 10.5. The van der Waals surface area contributed by atoms with Crippen LogP contribution in [0, 0.1) is 0 Å². The van der Waals surface area contributed by atoms with E-state index in [0.717, 1.165) is 23.7 Å². The van der Waals surface area contributed by atoms with Crippen molar-refractivity contribution in [3.8, 4) is 0 Å². The number of benzene rings is 2. The molecular weight excluding hydrogens is 524 g/mol. The Morgan fingerprint density at radius 1 is 1.03 bits per heavy atom. The third-order valence-corrected chi connectivity index (χ3v) is 9.86. The minimum atomic E-state index is -3.62. The Labute approximate surface area is 215 Å². The van der Waals surface area contributed by atoms with Crippen LogP contribution in [0.4, 0.5) is 5.13 Å². The third-order valence-electron chi connectivity index (χ3n) is 5.88. The van der Waals surface area contributed by atoms with Crippen LogP contribution in [0.1, 0.15) is 10.4 Å². The molecule has 0 spiro atoms. The van der Waals surface area contributed by atoms with E-state index in [4.69, 9.17) is 4.74 Å². The van der Waals surface area contributed by atoms with Crippen LogP contribution in [0.2, 0.25) is 0 Å². The first-order chi connectivity index (χ1) is 17.0. The van der Waals surface area contributed by atoms with Crippen molar-refractivity contribution in [1.82, 2.24) is 14.2 Å². The van der Waals surface area contributed by atoms with Gasteiger partial charge in [-0.1, -0.05) is 11.3 Å². The number of ether oxygens (including phenoxy) is 1. The minimum Gasteiger partial charge on any atom is -0.379 e. The van der Waals surface area contributed by atoms with Crippen LogP contribution in [0.25, 0.3) is 10.2 Å². The summed E-state index contributed by atoms with van der Waals surface area (Å²) in [6, 6.07) is 10.5. The van der Waals surface area contributed by atoms with Gasteiger partial charge < -0.3 is 4.74 Å². The molecule has 2 aromatic carbocycles. The number of hydrogen-bond donors (Lipinski definition) is 0. The fourth-order valence-corrected chi connectivity index (χ4v) is 6.38. The number of hydrogen-bond acceptors (Lipinski definition) is 9. The first kappa shape index (κ1) is 26.6. The van der Waals surface area contributed by atoms with Crippen LogP contribution in [0.3, 0.4) is 0 Å². The highest BCUT2D eigenvalue weighted by molar-refractivity contribution is 7.90. The fraction of sp³-hybridized carbons (Fsp3) is 0.391. The van der Waals surface area contributed by atoms with Crippen molar-refractivity contribution in [2.24, 2.45) is 0 Å². The Bertz CT molecular complexity index is 1460. The molecule has 0 radical (unpaired) electrons. The van der Waals surface area contributed by atoms with Crippen molar-refractivity contribution in [3.05, 3.63) is 48.0 Å². The van der Waals surface area contributed by atoms with Gasteiger partial charge in [0.15, 0.2) is 15.0 Å². The number of nitrogens with zero attached hydrogens (tertiary/aromatic N) is 4. The van der Waals surface area contributed by atoms with Crippen molar-refractivity contribution in [3.63, 3.8) is 0 Å². The minimum absolute atomic E-state index is 0.0946. The van der Waals surface area contributed by atoms with Gasteiger partial charge in [0.05, 0.1) is 33.2 Å². The van der Waals surface area contributed by atoms with E-state index in [0.29, 0.717) is 47.2 Å². The van der Waals surface area contributed by atoms with E-state index in [1.165, 1.54) is 55.8 Å². The number of thiazole rings is 1. The quantitative estimate of drug-likeness (QED) is 0.416. The van der Waals surface area contributed by atoms with Crippen molar-refractivity contribution in [2.75, 3.05) is 64.6 Å². The summed E-state index contributed by atoms with van der Waals surface area (Å²) < 4.78 is 56.0. The van der Waals surface area contributed by atoms with E-state index < -0.39 is 19.9 Å². The number of morpholine rings is 1. The molecule has 2 heterocycles. The van der Waals surface area contributed by atoms with Crippen molar-refractivity contribution in [1.29, 1.82) is 0 Å². The maximum atomic E-state index is 13.6. The zero-order chi connectivity index (χ0) is 26.1. The van der Waals surface area contributed by atoms with E-state index in [1.54, 1.807) is 17.0 Å². The molecule has 0 unspecified atom stereocenters. The maximum absolute atomic E-state index is 13.6. The Morgan fingerprint density at radius 3 is 2.28 bits per heavy atom. The van der Waals surface area contributed by atoms with E-state index in [1.807, 2.05) is 0 Å². The SMILES string of the molecule is CN(C)S(=O)(=O)c1ccc(C(=O)N(CCN2CCOCC2)c2nc3ccc(S(C)(=O)=O)cc3s2)cc1. The number of carbonyl (C=O) groups is 1. The van der Waals surface area contributed by atoms with E-state index in [2.05, 4.69) is 9.88 Å². The Balaban J connectivity index is 1.67. The summed E-state index contributed by atoms with van der Waals surface area (Å²) in [5, 5.41) is 0.443. The molecule has 0 saturated carbocycles. The lowest BCUT2D eigenvalue weighted by molar-refractivity contribution is 0.0391. The van der Waals surface area contributed by atoms with E-state index in [-0.39, 0.29) is 15.7 Å². The van der Waals surface area contributed by atoms with Gasteiger partial charge in [0.2, 0.25) is 10.0 Å². The Hall–Kier alpha value is -2.42. The van der Waals surface area contributed by atoms with Crippen LogP contribution in [-0.4, -0.2) is 96.7 Å². The lowest BCUT2D eigenvalue weighted by Crippen LogP contribution is -2.43. The normalized spacial score (nSPS) is 15.4. The van der Waals surface area contributed by atoms with E-state index >= 15 is 0 Å². The predicted molar refractivity (Wildman–Crippen MR) is 139 cm³/mol. The zero-order valence-electron chi connectivity index (χ0n) is 20.2. The predicted octanol–water partition coefficient (Wildman–Crippen LogP) is 1.93. The first-order valence-corrected chi connectivity index (χ1v) is 15.4. The Kier molecular flexibility index (Phi) is 7.78. The summed E-state index contributed by atoms with van der Waals surface area (Å²) in [7, 11) is -4.11. The van der Waals surface area contributed by atoms with Gasteiger partial charge in [-0.25, -0.2) is 26.1 Å². The van der Waals surface area contributed by atoms with Crippen LogP contribution in [-0.2, 0) is 24.6 Å². The monoisotopic (exact) mass is 552 g/mol. The van der Waals surface area contributed by atoms with Gasteiger partial charge in [0, 0.05) is 52.1 Å². The van der Waals surface area contributed by atoms with Crippen molar-refractivity contribution < 1.29 is 26.4 Å². The Morgan fingerprint density at radius 2 is 1.67 bits per heavy atom. The van der Waals surface area contributed by atoms with Gasteiger partial charge in [-0.15, -0.1) is 0 Å². The second-order valence-electron chi connectivity index (χ2n) is 8.62. The molecule has 36 heavy (non-hydrogen) atoms. The standard InChI is InChI=1S/C23H28N4O6S3/c1-25(2)36(31,32)18-6-4-17(5-7-18)22(28)27(11-10-26-12-14-33-15-13-26)23-24-20-9-8-19(35(3,29)30)16-21(20)34-23/h4-9,16H,10-15H2,1-3H3. The number of anilines is 1. The summed E-state index contributed by atoms with van der Waals surface area (Å²) in [6.07, 6.45) is 1.15. The molecule has 0 atom stereocenters. The lowest BCUT2D eigenvalue weighted by atomic mass is 10.2. The molecule has 0 N–H and O–H groups in total. The van der Waals surface area contributed by atoms with Crippen molar-refractivity contribution in [2.45, 2.75) is 9.79 Å². The number of rotatable bonds is 8. The lowest BCUT2D eigenvalue weighted by Gasteiger charge is -2.29. The highest BCUT2D eigenvalue weighted by Crippen LogP contribution is 2.31. The average Bonchev–Trinajstić information content (AvgIpc) is 3.27. The number of amides is 1. The van der Waals surface area contributed by atoms with Crippen LogP contribution < -0.4 is 4.90 Å². The summed E-state index contributed by atoms with van der Waals surface area (Å²) in [5.74, 6) is -0.320. The highest BCUT2D eigenvalue weighted by atomic mass is 32.2. The van der Waals surface area contributed by atoms with Gasteiger partial charge in [-0.05, 0) is 42.5 Å². The zero-order valence-corrected chi connectivity index (χ0v) is 22.7. The highest BCUT2D eigenvalue weighted by Gasteiger charge is 2.24. The topological polar surface area (TPSA) is 117 Å². The third kappa shape index (κ3) is 5.76. The molecule has 3 aromatic rings. The van der Waals surface area contributed by atoms with Crippen LogP contribution in [0.5, 0.6) is 0 Å².